The predicted molar refractivity (Wildman–Crippen MR) is 88.6 cm³/mol. The number of carbonyl (C=O) groups is 1. The van der Waals surface area contributed by atoms with Crippen LogP contribution in [-0.2, 0) is 0 Å². The van der Waals surface area contributed by atoms with Gasteiger partial charge in [0.15, 0.2) is 0 Å². The van der Waals surface area contributed by atoms with Crippen molar-refractivity contribution in [2.24, 2.45) is 0 Å². The Morgan fingerprint density at radius 3 is 2.50 bits per heavy atom. The van der Waals surface area contributed by atoms with Gasteiger partial charge in [-0.05, 0) is 52.5 Å². The lowest BCUT2D eigenvalue weighted by Gasteiger charge is -2.32. The lowest BCUT2D eigenvalue weighted by atomic mass is 9.98. The van der Waals surface area contributed by atoms with Crippen LogP contribution in [0.2, 0.25) is 5.02 Å². The van der Waals surface area contributed by atoms with Gasteiger partial charge < -0.3 is 9.64 Å². The van der Waals surface area contributed by atoms with E-state index in [2.05, 4.69) is 4.98 Å². The Morgan fingerprint density at radius 1 is 1.32 bits per heavy atom. The molecule has 1 fully saturated rings. The number of ether oxygens (including phenoxy) is 1. The molecule has 2 rings (SSSR count). The summed E-state index contributed by atoms with van der Waals surface area (Å²) in [4.78, 5) is 18.4. The molecule has 0 aliphatic heterocycles. The Kier molecular flexibility index (Phi) is 5.32. The van der Waals surface area contributed by atoms with Crippen LogP contribution in [0.1, 0.15) is 63.2 Å². The fourth-order valence-electron chi connectivity index (χ4n) is 2.47. The molecule has 0 N–H and O–H groups in total. The molecule has 1 aliphatic carbocycles. The highest BCUT2D eigenvalue weighted by Crippen LogP contribution is 2.28. The Morgan fingerprint density at radius 2 is 1.95 bits per heavy atom. The topological polar surface area (TPSA) is 42.4 Å². The summed E-state index contributed by atoms with van der Waals surface area (Å²) in [5, 5.41) is 0.402. The highest BCUT2D eigenvalue weighted by atomic mass is 35.5. The zero-order valence-electron chi connectivity index (χ0n) is 13.9. The minimum Gasteiger partial charge on any atom is -0.473 e. The van der Waals surface area contributed by atoms with Gasteiger partial charge in [-0.3, -0.25) is 4.79 Å². The minimum absolute atomic E-state index is 0.0916. The number of aromatic nitrogens is 1. The maximum atomic E-state index is 12.4. The predicted octanol–water partition coefficient (Wildman–Crippen LogP) is 4.32. The van der Waals surface area contributed by atoms with Crippen LogP contribution in [-0.4, -0.2) is 34.5 Å². The van der Waals surface area contributed by atoms with Crippen molar-refractivity contribution in [3.63, 3.8) is 0 Å². The molecule has 0 unspecified atom stereocenters. The SMILES string of the molecule is CN(C(=O)c1cnc(OC2CCCCC2)c(Cl)c1)C(C)(C)C. The summed E-state index contributed by atoms with van der Waals surface area (Å²) in [7, 11) is 1.78. The average molecular weight is 325 g/mol. The normalized spacial score (nSPS) is 16.4. The molecule has 1 saturated carbocycles. The molecule has 122 valence electrons. The smallest absolute Gasteiger partial charge is 0.255 e. The van der Waals surface area contributed by atoms with Crippen molar-refractivity contribution in [3.05, 3.63) is 22.8 Å². The fourth-order valence-corrected chi connectivity index (χ4v) is 2.68. The highest BCUT2D eigenvalue weighted by Gasteiger charge is 2.25. The van der Waals surface area contributed by atoms with Gasteiger partial charge >= 0.3 is 0 Å². The van der Waals surface area contributed by atoms with Crippen molar-refractivity contribution >= 4 is 17.5 Å². The molecule has 22 heavy (non-hydrogen) atoms. The van der Waals surface area contributed by atoms with E-state index in [1.54, 1.807) is 24.2 Å². The van der Waals surface area contributed by atoms with Gasteiger partial charge in [0.05, 0.1) is 5.56 Å². The summed E-state index contributed by atoms with van der Waals surface area (Å²) in [6, 6.07) is 1.65. The van der Waals surface area contributed by atoms with Crippen LogP contribution < -0.4 is 4.74 Å². The van der Waals surface area contributed by atoms with E-state index in [1.165, 1.54) is 19.3 Å². The number of hydrogen-bond acceptors (Lipinski definition) is 3. The zero-order chi connectivity index (χ0) is 16.3. The maximum absolute atomic E-state index is 12.4. The summed E-state index contributed by atoms with van der Waals surface area (Å²) < 4.78 is 5.88. The van der Waals surface area contributed by atoms with Gasteiger partial charge in [0, 0.05) is 18.8 Å². The molecular formula is C17H25ClN2O2. The summed E-state index contributed by atoms with van der Waals surface area (Å²) in [6.07, 6.45) is 7.49. The first-order valence-electron chi connectivity index (χ1n) is 7.89. The van der Waals surface area contributed by atoms with E-state index in [1.807, 2.05) is 20.8 Å². The first-order chi connectivity index (χ1) is 10.3. The molecule has 1 amide bonds. The number of halogens is 1. The lowest BCUT2D eigenvalue weighted by molar-refractivity contribution is 0.0655. The number of amides is 1. The van der Waals surface area contributed by atoms with Crippen LogP contribution in [0.25, 0.3) is 0 Å². The van der Waals surface area contributed by atoms with Crippen molar-refractivity contribution in [2.75, 3.05) is 7.05 Å². The standard InChI is InChI=1S/C17H25ClN2O2/c1-17(2,3)20(4)16(21)12-10-14(18)15(19-11-12)22-13-8-6-5-7-9-13/h10-11,13H,5-9H2,1-4H3. The Balaban J connectivity index is 2.10. The van der Waals surface area contributed by atoms with Crippen LogP contribution in [0.15, 0.2) is 12.3 Å². The number of pyridine rings is 1. The van der Waals surface area contributed by atoms with E-state index in [9.17, 15) is 4.79 Å². The van der Waals surface area contributed by atoms with Crippen LogP contribution in [0, 0.1) is 0 Å². The maximum Gasteiger partial charge on any atom is 0.255 e. The van der Waals surface area contributed by atoms with E-state index in [0.29, 0.717) is 16.5 Å². The first kappa shape index (κ1) is 17.1. The third-order valence-electron chi connectivity index (χ3n) is 4.20. The highest BCUT2D eigenvalue weighted by molar-refractivity contribution is 6.32. The number of rotatable bonds is 3. The van der Waals surface area contributed by atoms with Crippen LogP contribution in [0.5, 0.6) is 5.88 Å². The van der Waals surface area contributed by atoms with Crippen molar-refractivity contribution in [2.45, 2.75) is 64.5 Å². The van der Waals surface area contributed by atoms with E-state index in [-0.39, 0.29) is 17.6 Å². The van der Waals surface area contributed by atoms with E-state index >= 15 is 0 Å². The molecule has 1 aliphatic rings. The molecule has 1 heterocycles. The number of hydrogen-bond donors (Lipinski definition) is 0. The second kappa shape index (κ2) is 6.86. The minimum atomic E-state index is -0.249. The summed E-state index contributed by atoms with van der Waals surface area (Å²) in [5.41, 5.74) is 0.235. The first-order valence-corrected chi connectivity index (χ1v) is 8.27. The largest absolute Gasteiger partial charge is 0.473 e. The van der Waals surface area contributed by atoms with Crippen molar-refractivity contribution in [1.82, 2.24) is 9.88 Å². The van der Waals surface area contributed by atoms with E-state index in [4.69, 9.17) is 16.3 Å². The number of nitrogens with zero attached hydrogens (tertiary/aromatic N) is 2. The summed E-state index contributed by atoms with van der Waals surface area (Å²) in [5.74, 6) is 0.342. The molecule has 0 radical (unpaired) electrons. The fraction of sp³-hybridized carbons (Fsp3) is 0.647. The summed E-state index contributed by atoms with van der Waals surface area (Å²) >= 11 is 6.25. The number of carbonyl (C=O) groups excluding carboxylic acids is 1. The molecule has 0 spiro atoms. The molecule has 0 atom stereocenters. The monoisotopic (exact) mass is 324 g/mol. The lowest BCUT2D eigenvalue weighted by Crippen LogP contribution is -2.42. The van der Waals surface area contributed by atoms with Gasteiger partial charge in [0.2, 0.25) is 5.88 Å². The Hall–Kier alpha value is -1.29. The molecule has 0 aromatic carbocycles. The quantitative estimate of drug-likeness (QED) is 0.831. The molecule has 0 saturated heterocycles. The third kappa shape index (κ3) is 4.13. The summed E-state index contributed by atoms with van der Waals surface area (Å²) in [6.45, 7) is 5.96. The zero-order valence-corrected chi connectivity index (χ0v) is 14.6. The second-order valence-electron chi connectivity index (χ2n) is 6.92. The van der Waals surface area contributed by atoms with Crippen LogP contribution in [0.3, 0.4) is 0 Å². The van der Waals surface area contributed by atoms with E-state index < -0.39 is 0 Å². The molecule has 0 bridgehead atoms. The van der Waals surface area contributed by atoms with Crippen LogP contribution >= 0.6 is 11.6 Å². The van der Waals surface area contributed by atoms with Gasteiger partial charge in [-0.2, -0.15) is 0 Å². The Bertz CT molecular complexity index is 534. The van der Waals surface area contributed by atoms with Gasteiger partial charge in [-0.25, -0.2) is 4.98 Å². The van der Waals surface area contributed by atoms with Crippen molar-refractivity contribution < 1.29 is 9.53 Å². The molecular weight excluding hydrogens is 300 g/mol. The van der Waals surface area contributed by atoms with Gasteiger partial charge in [-0.1, -0.05) is 18.0 Å². The average Bonchev–Trinajstić information content (AvgIpc) is 2.48. The molecule has 5 heteroatoms. The third-order valence-corrected chi connectivity index (χ3v) is 4.47. The molecule has 4 nitrogen and oxygen atoms in total. The second-order valence-corrected chi connectivity index (χ2v) is 7.33. The molecule has 1 aromatic rings. The van der Waals surface area contributed by atoms with Gasteiger partial charge in [0.25, 0.3) is 5.91 Å². The Labute approximate surface area is 137 Å². The van der Waals surface area contributed by atoms with E-state index in [0.717, 1.165) is 12.8 Å². The van der Waals surface area contributed by atoms with Crippen molar-refractivity contribution in [1.29, 1.82) is 0 Å². The van der Waals surface area contributed by atoms with Gasteiger partial charge in [0.1, 0.15) is 11.1 Å². The van der Waals surface area contributed by atoms with Crippen LogP contribution in [0.4, 0.5) is 0 Å². The molecule has 1 aromatic heterocycles. The van der Waals surface area contributed by atoms with Crippen molar-refractivity contribution in [3.8, 4) is 5.88 Å². The van der Waals surface area contributed by atoms with Gasteiger partial charge in [-0.15, -0.1) is 0 Å².